The molecule has 1 N–H and O–H groups in total. The summed E-state index contributed by atoms with van der Waals surface area (Å²) in [5.74, 6) is -0.731. The number of likely N-dealkylation sites (tertiary alicyclic amines) is 1. The molecule has 0 spiro atoms. The summed E-state index contributed by atoms with van der Waals surface area (Å²) in [6.45, 7) is 5.02. The molecule has 1 aliphatic rings. The van der Waals surface area contributed by atoms with Crippen molar-refractivity contribution in [1.82, 2.24) is 9.80 Å². The van der Waals surface area contributed by atoms with Crippen LogP contribution in [0.2, 0.25) is 0 Å². The van der Waals surface area contributed by atoms with E-state index in [4.69, 9.17) is 5.11 Å². The fraction of sp³-hybridized carbons (Fsp3) is 0.556. The summed E-state index contributed by atoms with van der Waals surface area (Å²) < 4.78 is 0. The van der Waals surface area contributed by atoms with Crippen molar-refractivity contribution >= 4 is 24.3 Å². The Morgan fingerprint density at radius 3 is 2.54 bits per heavy atom. The molecule has 1 heterocycles. The molecule has 0 unspecified atom stereocenters. The molecule has 1 amide bonds. The molecule has 134 valence electrons. The summed E-state index contributed by atoms with van der Waals surface area (Å²) in [7, 11) is 0. The molecular formula is C18H27ClN2O3. The van der Waals surface area contributed by atoms with Gasteiger partial charge in [0, 0.05) is 25.2 Å². The molecule has 2 rings (SSSR count). The van der Waals surface area contributed by atoms with E-state index in [1.165, 1.54) is 6.42 Å². The largest absolute Gasteiger partial charge is 0.480 e. The van der Waals surface area contributed by atoms with E-state index in [-0.39, 0.29) is 24.9 Å². The monoisotopic (exact) mass is 354 g/mol. The highest BCUT2D eigenvalue weighted by Crippen LogP contribution is 2.15. The van der Waals surface area contributed by atoms with Gasteiger partial charge in [0.2, 0.25) is 0 Å². The van der Waals surface area contributed by atoms with Gasteiger partial charge in [0.15, 0.2) is 0 Å². The third-order valence-corrected chi connectivity index (χ3v) is 4.12. The lowest BCUT2D eigenvalue weighted by atomic mass is 10.1. The number of benzene rings is 1. The van der Waals surface area contributed by atoms with E-state index in [0.29, 0.717) is 12.1 Å². The quantitative estimate of drug-likeness (QED) is 0.817. The number of piperidine rings is 1. The maximum atomic E-state index is 12.6. The normalized spacial score (nSPS) is 14.3. The minimum absolute atomic E-state index is 0. The van der Waals surface area contributed by atoms with Crippen molar-refractivity contribution in [3.05, 3.63) is 35.4 Å². The summed E-state index contributed by atoms with van der Waals surface area (Å²) in [6.07, 6.45) is 4.26. The van der Waals surface area contributed by atoms with Crippen LogP contribution in [-0.2, 0) is 11.3 Å². The fourth-order valence-corrected chi connectivity index (χ4v) is 3.06. The molecule has 0 bridgehead atoms. The molecule has 1 aliphatic heterocycles. The van der Waals surface area contributed by atoms with E-state index < -0.39 is 5.97 Å². The number of hydrogen-bond donors (Lipinski definition) is 1. The van der Waals surface area contributed by atoms with Crippen LogP contribution in [0.5, 0.6) is 0 Å². The SMILES string of the molecule is CCCN(CC(=O)O)Cc1cccc(C(=O)N2CCCCC2)c1.Cl. The molecule has 1 saturated heterocycles. The lowest BCUT2D eigenvalue weighted by Crippen LogP contribution is -2.35. The Labute approximate surface area is 150 Å². The molecule has 5 nitrogen and oxygen atoms in total. The van der Waals surface area contributed by atoms with Crippen LogP contribution in [0.25, 0.3) is 0 Å². The average molecular weight is 355 g/mol. The smallest absolute Gasteiger partial charge is 0.317 e. The Kier molecular flexibility index (Phi) is 8.79. The number of carbonyl (C=O) groups is 2. The number of carbonyl (C=O) groups excluding carboxylic acids is 1. The van der Waals surface area contributed by atoms with E-state index in [2.05, 4.69) is 0 Å². The second-order valence-corrected chi connectivity index (χ2v) is 6.16. The van der Waals surface area contributed by atoms with E-state index >= 15 is 0 Å². The minimum atomic E-state index is -0.820. The van der Waals surface area contributed by atoms with Gasteiger partial charge in [-0.15, -0.1) is 12.4 Å². The number of rotatable bonds is 7. The van der Waals surface area contributed by atoms with Crippen molar-refractivity contribution in [2.24, 2.45) is 0 Å². The number of aliphatic carboxylic acids is 1. The summed E-state index contributed by atoms with van der Waals surface area (Å²) in [4.78, 5) is 27.3. The van der Waals surface area contributed by atoms with Gasteiger partial charge in [-0.1, -0.05) is 19.1 Å². The highest BCUT2D eigenvalue weighted by atomic mass is 35.5. The van der Waals surface area contributed by atoms with Gasteiger partial charge in [0.1, 0.15) is 0 Å². The first-order valence-electron chi connectivity index (χ1n) is 8.42. The first-order chi connectivity index (χ1) is 11.1. The molecule has 6 heteroatoms. The van der Waals surface area contributed by atoms with Gasteiger partial charge >= 0.3 is 5.97 Å². The van der Waals surface area contributed by atoms with Gasteiger partial charge in [-0.25, -0.2) is 0 Å². The zero-order valence-corrected chi connectivity index (χ0v) is 15.1. The van der Waals surface area contributed by atoms with Crippen LogP contribution in [0.4, 0.5) is 0 Å². The molecule has 0 atom stereocenters. The van der Waals surface area contributed by atoms with E-state index in [9.17, 15) is 9.59 Å². The molecular weight excluding hydrogens is 328 g/mol. The zero-order valence-electron chi connectivity index (χ0n) is 14.2. The number of nitrogens with zero attached hydrogens (tertiary/aromatic N) is 2. The molecule has 0 saturated carbocycles. The van der Waals surface area contributed by atoms with Crippen molar-refractivity contribution in [2.75, 3.05) is 26.2 Å². The van der Waals surface area contributed by atoms with Gasteiger partial charge < -0.3 is 10.0 Å². The maximum Gasteiger partial charge on any atom is 0.317 e. The molecule has 0 radical (unpaired) electrons. The summed E-state index contributed by atoms with van der Waals surface area (Å²) in [5, 5.41) is 9.00. The first-order valence-corrected chi connectivity index (χ1v) is 8.42. The topological polar surface area (TPSA) is 60.9 Å². The number of carboxylic acids is 1. The third-order valence-electron chi connectivity index (χ3n) is 4.12. The molecule has 1 fully saturated rings. The standard InChI is InChI=1S/C18H26N2O3.ClH/c1-2-9-19(14-17(21)22)13-15-7-6-8-16(12-15)18(23)20-10-4-3-5-11-20;/h6-8,12H,2-5,9-11,13-14H2,1H3,(H,21,22);1H. The number of hydrogen-bond acceptors (Lipinski definition) is 3. The average Bonchev–Trinajstić information content (AvgIpc) is 2.55. The van der Waals surface area contributed by atoms with Crippen molar-refractivity contribution in [3.63, 3.8) is 0 Å². The van der Waals surface area contributed by atoms with Crippen LogP contribution in [0, 0.1) is 0 Å². The lowest BCUT2D eigenvalue weighted by molar-refractivity contribution is -0.138. The Balaban J connectivity index is 0.00000288. The minimum Gasteiger partial charge on any atom is -0.480 e. The molecule has 1 aromatic rings. The van der Waals surface area contributed by atoms with Crippen LogP contribution >= 0.6 is 12.4 Å². The molecule has 0 aliphatic carbocycles. The fourth-order valence-electron chi connectivity index (χ4n) is 3.06. The third kappa shape index (κ3) is 6.13. The lowest BCUT2D eigenvalue weighted by Gasteiger charge is -2.27. The van der Waals surface area contributed by atoms with Gasteiger partial charge in [-0.05, 0) is 49.9 Å². The van der Waals surface area contributed by atoms with E-state index in [1.54, 1.807) is 0 Å². The van der Waals surface area contributed by atoms with Crippen molar-refractivity contribution in [2.45, 2.75) is 39.2 Å². The Hall–Kier alpha value is -1.59. The zero-order chi connectivity index (χ0) is 16.7. The van der Waals surface area contributed by atoms with Gasteiger partial charge in [0.05, 0.1) is 6.54 Å². The van der Waals surface area contributed by atoms with Crippen molar-refractivity contribution in [1.29, 1.82) is 0 Å². The number of amides is 1. The second kappa shape index (κ2) is 10.3. The predicted molar refractivity (Wildman–Crippen MR) is 96.6 cm³/mol. The van der Waals surface area contributed by atoms with Gasteiger partial charge in [-0.2, -0.15) is 0 Å². The van der Waals surface area contributed by atoms with Crippen molar-refractivity contribution in [3.8, 4) is 0 Å². The summed E-state index contributed by atoms with van der Waals surface area (Å²) >= 11 is 0. The van der Waals surface area contributed by atoms with Gasteiger partial charge in [0.25, 0.3) is 5.91 Å². The Morgan fingerprint density at radius 2 is 1.92 bits per heavy atom. The Morgan fingerprint density at radius 1 is 1.21 bits per heavy atom. The summed E-state index contributed by atoms with van der Waals surface area (Å²) in [6, 6.07) is 7.60. The first kappa shape index (κ1) is 20.5. The molecule has 24 heavy (non-hydrogen) atoms. The number of halogens is 1. The highest BCUT2D eigenvalue weighted by molar-refractivity contribution is 5.94. The van der Waals surface area contributed by atoms with Crippen LogP contribution in [0.15, 0.2) is 24.3 Å². The van der Waals surface area contributed by atoms with E-state index in [0.717, 1.165) is 44.5 Å². The second-order valence-electron chi connectivity index (χ2n) is 6.16. The van der Waals surface area contributed by atoms with Crippen molar-refractivity contribution < 1.29 is 14.7 Å². The van der Waals surface area contributed by atoms with Crippen LogP contribution in [0.1, 0.15) is 48.5 Å². The van der Waals surface area contributed by atoms with E-state index in [1.807, 2.05) is 41.0 Å². The Bertz CT molecular complexity index is 545. The van der Waals surface area contributed by atoms with Crippen LogP contribution in [0.3, 0.4) is 0 Å². The predicted octanol–water partition coefficient (Wildman–Crippen LogP) is 3.03. The summed E-state index contributed by atoms with van der Waals surface area (Å²) in [5.41, 5.74) is 1.69. The number of carboxylic acid groups (broad SMARTS) is 1. The van der Waals surface area contributed by atoms with Crippen LogP contribution < -0.4 is 0 Å². The van der Waals surface area contributed by atoms with Crippen LogP contribution in [-0.4, -0.2) is 53.0 Å². The van der Waals surface area contributed by atoms with Gasteiger partial charge in [-0.3, -0.25) is 14.5 Å². The molecule has 1 aromatic carbocycles. The maximum absolute atomic E-state index is 12.6. The highest BCUT2D eigenvalue weighted by Gasteiger charge is 2.18. The molecule has 0 aromatic heterocycles.